The summed E-state index contributed by atoms with van der Waals surface area (Å²) < 4.78 is 2.09. The van der Waals surface area contributed by atoms with Crippen LogP contribution in [0.5, 0.6) is 0 Å². The fourth-order valence-corrected chi connectivity index (χ4v) is 4.10. The van der Waals surface area contributed by atoms with Crippen molar-refractivity contribution in [3.8, 4) is 5.69 Å². The lowest BCUT2D eigenvalue weighted by Gasteiger charge is -2.27. The molecule has 1 aliphatic rings. The van der Waals surface area contributed by atoms with Crippen molar-refractivity contribution < 1.29 is 4.79 Å². The Morgan fingerprint density at radius 2 is 1.77 bits per heavy atom. The van der Waals surface area contributed by atoms with Crippen molar-refractivity contribution in [3.63, 3.8) is 0 Å². The van der Waals surface area contributed by atoms with Crippen LogP contribution in [0.15, 0.2) is 35.5 Å². The second-order valence-electron chi connectivity index (χ2n) is 6.36. The predicted molar refractivity (Wildman–Crippen MR) is 106 cm³/mol. The molecular weight excluding hydrogens is 346 g/mol. The first-order valence-corrected chi connectivity index (χ1v) is 10.4. The lowest BCUT2D eigenvalue weighted by molar-refractivity contribution is -0.127. The highest BCUT2D eigenvalue weighted by Gasteiger charge is 2.22. The van der Waals surface area contributed by atoms with E-state index in [4.69, 9.17) is 0 Å². The van der Waals surface area contributed by atoms with Crippen LogP contribution in [0.25, 0.3) is 5.69 Å². The topological polar surface area (TPSA) is 54.3 Å². The van der Waals surface area contributed by atoms with Gasteiger partial charge in [0.05, 0.1) is 11.4 Å². The Morgan fingerprint density at radius 3 is 2.42 bits per heavy atom. The summed E-state index contributed by atoms with van der Waals surface area (Å²) in [6.45, 7) is 7.50. The molecule has 1 aromatic carbocycles. The number of nitrogens with zero attached hydrogens (tertiary/aromatic N) is 5. The highest BCUT2D eigenvalue weighted by atomic mass is 32.2. The molecule has 1 amide bonds. The largest absolute Gasteiger partial charge is 0.343 e. The molecule has 1 saturated heterocycles. The molecule has 2 aromatic rings. The van der Waals surface area contributed by atoms with Gasteiger partial charge < -0.3 is 9.80 Å². The molecule has 1 aromatic heterocycles. The summed E-state index contributed by atoms with van der Waals surface area (Å²) in [4.78, 5) is 16.5. The molecule has 0 radical (unpaired) electrons. The predicted octanol–water partition coefficient (Wildman–Crippen LogP) is 3.22. The Morgan fingerprint density at radius 1 is 1.08 bits per heavy atom. The van der Waals surface area contributed by atoms with E-state index in [-0.39, 0.29) is 5.91 Å². The van der Waals surface area contributed by atoms with Gasteiger partial charge in [-0.25, -0.2) is 0 Å². The molecule has 140 valence electrons. The lowest BCUT2D eigenvalue weighted by Crippen LogP contribution is -2.32. The van der Waals surface area contributed by atoms with E-state index >= 15 is 0 Å². The molecule has 0 aliphatic carbocycles. The molecule has 0 unspecified atom stereocenters. The summed E-state index contributed by atoms with van der Waals surface area (Å²) in [5.74, 6) is 1.41. The number of carbonyl (C=O) groups excluding carboxylic acids is 1. The molecule has 0 N–H and O–H groups in total. The minimum atomic E-state index is 0.141. The van der Waals surface area contributed by atoms with Gasteiger partial charge >= 0.3 is 0 Å². The third kappa shape index (κ3) is 4.20. The van der Waals surface area contributed by atoms with Crippen molar-refractivity contribution in [2.24, 2.45) is 0 Å². The van der Waals surface area contributed by atoms with Gasteiger partial charge in [-0.05, 0) is 45.2 Å². The van der Waals surface area contributed by atoms with Crippen LogP contribution in [0.2, 0.25) is 0 Å². The van der Waals surface area contributed by atoms with E-state index in [1.54, 1.807) is 0 Å². The second-order valence-corrected chi connectivity index (χ2v) is 7.30. The van der Waals surface area contributed by atoms with E-state index in [0.717, 1.165) is 43.0 Å². The zero-order valence-electron chi connectivity index (χ0n) is 15.6. The fraction of sp³-hybridized carbons (Fsp3) is 0.526. The number of thioether (sulfide) groups is 1. The van der Waals surface area contributed by atoms with Crippen LogP contribution in [0.3, 0.4) is 0 Å². The number of amides is 1. The molecular formula is C19H27N5OS. The molecule has 7 heteroatoms. The molecule has 0 spiro atoms. The van der Waals surface area contributed by atoms with Crippen LogP contribution in [-0.2, 0) is 4.79 Å². The first-order chi connectivity index (χ1) is 12.7. The Balaban J connectivity index is 1.85. The quantitative estimate of drug-likeness (QED) is 0.698. The summed E-state index contributed by atoms with van der Waals surface area (Å²) in [7, 11) is 0. The zero-order valence-corrected chi connectivity index (χ0v) is 16.4. The lowest BCUT2D eigenvalue weighted by atomic mass is 10.1. The zero-order chi connectivity index (χ0) is 18.4. The van der Waals surface area contributed by atoms with Crippen molar-refractivity contribution in [1.29, 1.82) is 0 Å². The van der Waals surface area contributed by atoms with E-state index < -0.39 is 0 Å². The number of hydrogen-bond acceptors (Lipinski definition) is 5. The highest BCUT2D eigenvalue weighted by Crippen LogP contribution is 2.28. The van der Waals surface area contributed by atoms with Crippen molar-refractivity contribution in [2.75, 3.05) is 36.8 Å². The van der Waals surface area contributed by atoms with Crippen LogP contribution >= 0.6 is 11.8 Å². The van der Waals surface area contributed by atoms with Gasteiger partial charge in [0.1, 0.15) is 0 Å². The van der Waals surface area contributed by atoms with Gasteiger partial charge in [0.15, 0.2) is 5.16 Å². The summed E-state index contributed by atoms with van der Waals surface area (Å²) in [5, 5.41) is 9.66. The van der Waals surface area contributed by atoms with Crippen molar-refractivity contribution >= 4 is 23.6 Å². The smallest absolute Gasteiger partial charge is 0.233 e. The van der Waals surface area contributed by atoms with E-state index in [0.29, 0.717) is 5.75 Å². The minimum Gasteiger partial charge on any atom is -0.343 e. The van der Waals surface area contributed by atoms with E-state index in [1.165, 1.54) is 31.0 Å². The number of aromatic nitrogens is 3. The number of anilines is 1. The maximum absolute atomic E-state index is 12.4. The maximum Gasteiger partial charge on any atom is 0.233 e. The third-order valence-electron chi connectivity index (χ3n) is 4.71. The number of para-hydroxylation sites is 1. The summed E-state index contributed by atoms with van der Waals surface area (Å²) in [6, 6.07) is 10.2. The first-order valence-electron chi connectivity index (χ1n) is 9.41. The summed E-state index contributed by atoms with van der Waals surface area (Å²) in [5.41, 5.74) is 1.04. The van der Waals surface area contributed by atoms with Crippen molar-refractivity contribution in [2.45, 2.75) is 38.3 Å². The number of rotatable bonds is 7. The van der Waals surface area contributed by atoms with Crippen LogP contribution in [0.4, 0.5) is 5.95 Å². The average Bonchev–Trinajstić information content (AvgIpc) is 3.12. The van der Waals surface area contributed by atoms with E-state index in [1.807, 2.05) is 36.9 Å². The standard InChI is InChI=1S/C19H27N5OS/c1-3-22(4-2)17(25)15-26-19-21-20-18(23-13-9-6-10-14-23)24(19)16-11-7-5-8-12-16/h5,7-8,11-12H,3-4,6,9-10,13-15H2,1-2H3. The number of hydrogen-bond donors (Lipinski definition) is 0. The van der Waals surface area contributed by atoms with Crippen LogP contribution in [0, 0.1) is 0 Å². The van der Waals surface area contributed by atoms with Crippen molar-refractivity contribution in [1.82, 2.24) is 19.7 Å². The molecule has 1 aliphatic heterocycles. The Hall–Kier alpha value is -2.02. The van der Waals surface area contributed by atoms with Crippen LogP contribution < -0.4 is 4.90 Å². The molecule has 2 heterocycles. The van der Waals surface area contributed by atoms with Crippen LogP contribution in [0.1, 0.15) is 33.1 Å². The SMILES string of the molecule is CCN(CC)C(=O)CSc1nnc(N2CCCCC2)n1-c1ccccc1. The molecule has 0 bridgehead atoms. The fourth-order valence-electron chi connectivity index (χ4n) is 3.25. The maximum atomic E-state index is 12.4. The molecule has 1 fully saturated rings. The highest BCUT2D eigenvalue weighted by molar-refractivity contribution is 7.99. The normalized spacial score (nSPS) is 14.5. The van der Waals surface area contributed by atoms with E-state index in [9.17, 15) is 4.79 Å². The van der Waals surface area contributed by atoms with Gasteiger partial charge in [0.2, 0.25) is 11.9 Å². The Kier molecular flexibility index (Phi) is 6.55. The number of carbonyl (C=O) groups is 1. The third-order valence-corrected chi connectivity index (χ3v) is 5.62. The monoisotopic (exact) mass is 373 g/mol. The molecule has 6 nitrogen and oxygen atoms in total. The molecule has 0 saturated carbocycles. The Labute approximate surface area is 159 Å². The average molecular weight is 374 g/mol. The molecule has 3 rings (SSSR count). The van der Waals surface area contributed by atoms with Gasteiger partial charge in [0.25, 0.3) is 0 Å². The first kappa shape index (κ1) is 18.8. The van der Waals surface area contributed by atoms with Gasteiger partial charge in [-0.1, -0.05) is 30.0 Å². The second kappa shape index (κ2) is 9.07. The summed E-state index contributed by atoms with van der Waals surface area (Å²) >= 11 is 1.47. The van der Waals surface area contributed by atoms with Crippen LogP contribution in [-0.4, -0.2) is 57.5 Å². The van der Waals surface area contributed by atoms with Crippen molar-refractivity contribution in [3.05, 3.63) is 30.3 Å². The van der Waals surface area contributed by atoms with Gasteiger partial charge in [0, 0.05) is 26.2 Å². The Bertz CT molecular complexity index is 708. The minimum absolute atomic E-state index is 0.141. The summed E-state index contributed by atoms with van der Waals surface area (Å²) in [6.07, 6.45) is 3.64. The van der Waals surface area contributed by atoms with Gasteiger partial charge in [-0.3, -0.25) is 9.36 Å². The van der Waals surface area contributed by atoms with E-state index in [2.05, 4.69) is 31.8 Å². The van der Waals surface area contributed by atoms with Gasteiger partial charge in [-0.15, -0.1) is 10.2 Å². The number of benzene rings is 1. The number of piperidine rings is 1. The molecule has 26 heavy (non-hydrogen) atoms. The molecule has 0 atom stereocenters. The van der Waals surface area contributed by atoms with Gasteiger partial charge in [-0.2, -0.15) is 0 Å².